The summed E-state index contributed by atoms with van der Waals surface area (Å²) in [7, 11) is -3.91. The van der Waals surface area contributed by atoms with Gasteiger partial charge >= 0.3 is 0 Å². The molecule has 0 N–H and O–H groups in total. The van der Waals surface area contributed by atoms with E-state index in [1.54, 1.807) is 6.07 Å². The van der Waals surface area contributed by atoms with E-state index in [1.165, 1.54) is 22.5 Å². The van der Waals surface area contributed by atoms with Gasteiger partial charge in [0.1, 0.15) is 10.7 Å². The molecular formula is C16H19FN2O3S. The number of benzene rings is 1. The third kappa shape index (κ3) is 2.90. The molecule has 1 aromatic heterocycles. The molecule has 0 radical (unpaired) electrons. The number of nitrogens with zero attached hydrogens (tertiary/aromatic N) is 2. The summed E-state index contributed by atoms with van der Waals surface area (Å²) in [5, 5.41) is 4.00. The van der Waals surface area contributed by atoms with E-state index in [0.717, 1.165) is 11.8 Å². The summed E-state index contributed by atoms with van der Waals surface area (Å²) in [4.78, 5) is -0.296. The Labute approximate surface area is 135 Å². The maximum absolute atomic E-state index is 13.9. The van der Waals surface area contributed by atoms with Crippen LogP contribution in [0.5, 0.6) is 0 Å². The molecule has 1 atom stereocenters. The monoisotopic (exact) mass is 338 g/mol. The predicted octanol–water partition coefficient (Wildman–Crippen LogP) is 3.46. The zero-order valence-electron chi connectivity index (χ0n) is 13.1. The number of hydrogen-bond donors (Lipinski definition) is 0. The van der Waals surface area contributed by atoms with Gasteiger partial charge in [0.05, 0.1) is 11.7 Å². The van der Waals surface area contributed by atoms with Gasteiger partial charge in [0.25, 0.3) is 0 Å². The summed E-state index contributed by atoms with van der Waals surface area (Å²) in [6.07, 6.45) is 1.34. The number of hydrogen-bond acceptors (Lipinski definition) is 4. The molecule has 0 saturated carbocycles. The van der Waals surface area contributed by atoms with E-state index in [1.807, 2.05) is 13.8 Å². The third-order valence-electron chi connectivity index (χ3n) is 4.09. The smallest absolute Gasteiger partial charge is 0.246 e. The molecule has 1 aliphatic rings. The second-order valence-corrected chi connectivity index (χ2v) is 7.87. The van der Waals surface area contributed by atoms with E-state index >= 15 is 0 Å². The fourth-order valence-corrected chi connectivity index (χ4v) is 4.56. The van der Waals surface area contributed by atoms with Crippen molar-refractivity contribution in [3.05, 3.63) is 47.6 Å². The molecule has 1 aromatic carbocycles. The lowest BCUT2D eigenvalue weighted by molar-refractivity contribution is 0.295. The van der Waals surface area contributed by atoms with E-state index in [-0.39, 0.29) is 10.8 Å². The first kappa shape index (κ1) is 16.1. The van der Waals surface area contributed by atoms with Crippen LogP contribution in [0.25, 0.3) is 0 Å². The van der Waals surface area contributed by atoms with Gasteiger partial charge in [0, 0.05) is 12.6 Å². The topological polar surface area (TPSA) is 63.4 Å². The third-order valence-corrected chi connectivity index (χ3v) is 6.03. The highest BCUT2D eigenvalue weighted by Gasteiger charge is 2.39. The zero-order valence-corrected chi connectivity index (χ0v) is 13.9. The summed E-state index contributed by atoms with van der Waals surface area (Å²) >= 11 is 0. The van der Waals surface area contributed by atoms with Crippen LogP contribution in [0.1, 0.15) is 50.1 Å². The Morgan fingerprint density at radius 2 is 2.09 bits per heavy atom. The van der Waals surface area contributed by atoms with Crippen LogP contribution in [-0.2, 0) is 10.0 Å². The molecule has 0 amide bonds. The average molecular weight is 338 g/mol. The van der Waals surface area contributed by atoms with Crippen molar-refractivity contribution in [1.82, 2.24) is 9.46 Å². The maximum Gasteiger partial charge on any atom is 0.246 e. The minimum Gasteiger partial charge on any atom is -0.359 e. The summed E-state index contributed by atoms with van der Waals surface area (Å²) in [6, 6.07) is 6.81. The molecule has 124 valence electrons. The van der Waals surface area contributed by atoms with Crippen molar-refractivity contribution >= 4 is 10.0 Å². The lowest BCUT2D eigenvalue weighted by Crippen LogP contribution is -2.31. The van der Waals surface area contributed by atoms with Crippen molar-refractivity contribution < 1.29 is 17.3 Å². The van der Waals surface area contributed by atoms with Crippen LogP contribution in [0.2, 0.25) is 0 Å². The van der Waals surface area contributed by atoms with Crippen molar-refractivity contribution in [3.8, 4) is 0 Å². The van der Waals surface area contributed by atoms with Gasteiger partial charge in [-0.25, -0.2) is 12.8 Å². The van der Waals surface area contributed by atoms with Crippen LogP contribution in [-0.4, -0.2) is 24.4 Å². The molecule has 2 aromatic rings. The number of rotatable bonds is 4. The van der Waals surface area contributed by atoms with Gasteiger partial charge in [-0.2, -0.15) is 4.31 Å². The first-order valence-electron chi connectivity index (χ1n) is 7.64. The highest BCUT2D eigenvalue weighted by molar-refractivity contribution is 7.89. The summed E-state index contributed by atoms with van der Waals surface area (Å²) in [6.45, 7) is 4.33. The maximum atomic E-state index is 13.9. The summed E-state index contributed by atoms with van der Waals surface area (Å²) in [5.74, 6) is -0.0183. The Bertz CT molecular complexity index is 801. The van der Waals surface area contributed by atoms with Crippen LogP contribution >= 0.6 is 0 Å². The lowest BCUT2D eigenvalue weighted by atomic mass is 10.1. The molecule has 5 nitrogen and oxygen atoms in total. The van der Waals surface area contributed by atoms with Gasteiger partial charge in [-0.1, -0.05) is 31.1 Å². The van der Waals surface area contributed by atoms with Crippen LogP contribution in [0.15, 0.2) is 39.8 Å². The summed E-state index contributed by atoms with van der Waals surface area (Å²) in [5.41, 5.74) is 0.787. The lowest BCUT2D eigenvalue weighted by Gasteiger charge is -2.22. The largest absolute Gasteiger partial charge is 0.359 e. The predicted molar refractivity (Wildman–Crippen MR) is 82.9 cm³/mol. The van der Waals surface area contributed by atoms with Crippen molar-refractivity contribution in [1.29, 1.82) is 0 Å². The SMILES string of the molecule is CC(C)c1cc([C@@H]2CCCN2S(=O)(=O)c2ccccc2F)on1. The van der Waals surface area contributed by atoms with Crippen LogP contribution in [0.4, 0.5) is 4.39 Å². The second-order valence-electron chi connectivity index (χ2n) is 6.01. The Morgan fingerprint density at radius 1 is 1.35 bits per heavy atom. The Balaban J connectivity index is 1.96. The molecule has 0 aliphatic carbocycles. The highest BCUT2D eigenvalue weighted by Crippen LogP contribution is 2.37. The Kier molecular flexibility index (Phi) is 4.25. The van der Waals surface area contributed by atoms with Gasteiger partial charge in [-0.3, -0.25) is 0 Å². The van der Waals surface area contributed by atoms with Gasteiger partial charge in [0.2, 0.25) is 10.0 Å². The molecule has 1 fully saturated rings. The molecule has 0 bridgehead atoms. The van der Waals surface area contributed by atoms with Crippen molar-refractivity contribution in [2.75, 3.05) is 6.54 Å². The van der Waals surface area contributed by atoms with E-state index in [0.29, 0.717) is 25.1 Å². The molecule has 1 aliphatic heterocycles. The highest BCUT2D eigenvalue weighted by atomic mass is 32.2. The minimum absolute atomic E-state index is 0.200. The van der Waals surface area contributed by atoms with Crippen molar-refractivity contribution in [2.45, 2.75) is 43.5 Å². The van der Waals surface area contributed by atoms with Gasteiger partial charge in [0.15, 0.2) is 5.76 Å². The molecule has 0 spiro atoms. The average Bonchev–Trinajstić information content (AvgIpc) is 3.16. The van der Waals surface area contributed by atoms with E-state index in [4.69, 9.17) is 4.52 Å². The molecule has 1 saturated heterocycles. The first-order valence-corrected chi connectivity index (χ1v) is 9.08. The Morgan fingerprint density at radius 3 is 2.74 bits per heavy atom. The molecule has 2 heterocycles. The first-order chi connectivity index (χ1) is 10.9. The quantitative estimate of drug-likeness (QED) is 0.856. The fraction of sp³-hybridized carbons (Fsp3) is 0.438. The molecule has 0 unspecified atom stereocenters. The summed E-state index contributed by atoms with van der Waals surface area (Å²) < 4.78 is 46.2. The van der Waals surface area contributed by atoms with Gasteiger partial charge < -0.3 is 4.52 Å². The van der Waals surface area contributed by atoms with E-state index in [2.05, 4.69) is 5.16 Å². The van der Waals surface area contributed by atoms with Crippen LogP contribution in [0.3, 0.4) is 0 Å². The minimum atomic E-state index is -3.91. The zero-order chi connectivity index (χ0) is 16.6. The normalized spacial score (nSPS) is 19.6. The van der Waals surface area contributed by atoms with Crippen LogP contribution < -0.4 is 0 Å². The fourth-order valence-electron chi connectivity index (χ4n) is 2.83. The van der Waals surface area contributed by atoms with Crippen molar-refractivity contribution in [3.63, 3.8) is 0 Å². The van der Waals surface area contributed by atoms with Gasteiger partial charge in [-0.05, 0) is 30.9 Å². The molecule has 7 heteroatoms. The van der Waals surface area contributed by atoms with E-state index < -0.39 is 21.9 Å². The number of aromatic nitrogens is 1. The number of halogens is 1. The second kappa shape index (κ2) is 6.05. The van der Waals surface area contributed by atoms with E-state index in [9.17, 15) is 12.8 Å². The van der Waals surface area contributed by atoms with Gasteiger partial charge in [-0.15, -0.1) is 0 Å². The standard InChI is InChI=1S/C16H19FN2O3S/c1-11(2)13-10-15(22-18-13)14-7-5-9-19(14)23(20,21)16-8-4-3-6-12(16)17/h3-4,6,8,10-11,14H,5,7,9H2,1-2H3/t14-/m0/s1. The molecular weight excluding hydrogens is 319 g/mol. The Hall–Kier alpha value is -1.73. The molecule has 3 rings (SSSR count). The number of sulfonamides is 1. The van der Waals surface area contributed by atoms with Crippen LogP contribution in [0, 0.1) is 5.82 Å². The van der Waals surface area contributed by atoms with Crippen molar-refractivity contribution in [2.24, 2.45) is 0 Å². The molecule has 23 heavy (non-hydrogen) atoms.